The van der Waals surface area contributed by atoms with Crippen LogP contribution >= 0.6 is 7.82 Å². The van der Waals surface area contributed by atoms with Crippen LogP contribution in [0.15, 0.2) is 51.9 Å². The van der Waals surface area contributed by atoms with Crippen molar-refractivity contribution in [2.24, 2.45) is 15.5 Å². The molecule has 0 aromatic heterocycles. The Kier molecular flexibility index (Phi) is 15.3. The van der Waals surface area contributed by atoms with E-state index in [-0.39, 0.29) is 49.7 Å². The van der Waals surface area contributed by atoms with Crippen molar-refractivity contribution in [1.82, 2.24) is 0 Å². The molecule has 6 unspecified atom stereocenters. The highest BCUT2D eigenvalue weighted by molar-refractivity contribution is 7.48. The molecule has 0 saturated carbocycles. The maximum Gasteiger partial charge on any atom is 0.475 e. The molecule has 6 atom stereocenters. The van der Waals surface area contributed by atoms with E-state index in [1.807, 2.05) is 36.4 Å². The summed E-state index contributed by atoms with van der Waals surface area (Å²) in [5.41, 5.74) is 7.20. The second-order valence-corrected chi connectivity index (χ2v) is 27.8. The molecule has 6 rings (SSSR count). The second-order valence-electron chi connectivity index (χ2n) is 26.3. The summed E-state index contributed by atoms with van der Waals surface area (Å²) < 4.78 is 34.7. The third-order valence-corrected chi connectivity index (χ3v) is 15.5. The lowest BCUT2D eigenvalue weighted by molar-refractivity contribution is -0.0651. The van der Waals surface area contributed by atoms with Crippen molar-refractivity contribution in [2.75, 3.05) is 0 Å². The van der Waals surface area contributed by atoms with E-state index < -0.39 is 44.4 Å². The van der Waals surface area contributed by atoms with E-state index in [2.05, 4.69) is 140 Å². The molecular weight excluding hydrogens is 918 g/mol. The van der Waals surface area contributed by atoms with Crippen molar-refractivity contribution in [3.8, 4) is 17.2 Å². The molecule has 0 amide bonds. The number of phenols is 3. The first kappa shape index (κ1) is 55.9. The van der Waals surface area contributed by atoms with Gasteiger partial charge in [-0.1, -0.05) is 140 Å². The number of phosphoric acid groups is 1. The number of hydrogen-bond acceptors (Lipinski definition) is 13. The van der Waals surface area contributed by atoms with Crippen molar-refractivity contribution < 1.29 is 48.0 Å². The summed E-state index contributed by atoms with van der Waals surface area (Å²) in [4.78, 5) is 18.1. The summed E-state index contributed by atoms with van der Waals surface area (Å²) in [6.07, 6.45) is -3.54. The summed E-state index contributed by atoms with van der Waals surface area (Å²) in [5.74, 6) is 0.812. The molecule has 71 heavy (non-hydrogen) atoms. The first-order valence-corrected chi connectivity index (χ1v) is 26.7. The Labute approximate surface area is 424 Å². The van der Waals surface area contributed by atoms with Crippen LogP contribution in [-0.2, 0) is 65.1 Å². The Morgan fingerprint density at radius 2 is 0.606 bits per heavy atom. The zero-order chi connectivity index (χ0) is 53.4. The maximum absolute atomic E-state index is 15.4. The molecule has 13 nitrogen and oxygen atoms in total. The van der Waals surface area contributed by atoms with E-state index in [0.717, 1.165) is 50.1 Å². The fraction of sp³-hybridized carbons (Fsp3) is 0.632. The molecule has 3 aliphatic heterocycles. The van der Waals surface area contributed by atoms with Gasteiger partial charge in [-0.3, -0.25) is 13.6 Å². The Morgan fingerprint density at radius 1 is 0.423 bits per heavy atom. The summed E-state index contributed by atoms with van der Waals surface area (Å²) in [7, 11) is -4.51. The molecule has 392 valence electrons. The number of phosphoric ester groups is 1. The molecular formula is C57H84N3O10P. The Bertz CT molecular complexity index is 2240. The van der Waals surface area contributed by atoms with Crippen LogP contribution in [0.2, 0.25) is 0 Å². The van der Waals surface area contributed by atoms with Crippen molar-refractivity contribution >= 4 is 25.0 Å². The van der Waals surface area contributed by atoms with Crippen LogP contribution in [0.5, 0.6) is 17.2 Å². The van der Waals surface area contributed by atoms with Gasteiger partial charge < -0.3 is 29.8 Å². The first-order chi connectivity index (χ1) is 32.3. The Balaban J connectivity index is 1.26. The van der Waals surface area contributed by atoms with Crippen LogP contribution in [0, 0.1) is 0 Å². The van der Waals surface area contributed by atoms with Crippen molar-refractivity contribution in [2.45, 2.75) is 234 Å². The fourth-order valence-corrected chi connectivity index (χ4v) is 11.0. The van der Waals surface area contributed by atoms with Gasteiger partial charge in [0.05, 0.1) is 17.1 Å². The van der Waals surface area contributed by atoms with Gasteiger partial charge in [0.25, 0.3) is 0 Å². The van der Waals surface area contributed by atoms with E-state index in [0.29, 0.717) is 36.4 Å². The number of aromatic hydroxyl groups is 3. The minimum Gasteiger partial charge on any atom is -0.507 e. The molecule has 0 fully saturated rings. The predicted molar refractivity (Wildman–Crippen MR) is 284 cm³/mol. The van der Waals surface area contributed by atoms with Crippen molar-refractivity contribution in [3.63, 3.8) is 0 Å². The van der Waals surface area contributed by atoms with Crippen LogP contribution in [-0.4, -0.2) is 69.1 Å². The minimum absolute atomic E-state index is 0.271. The van der Waals surface area contributed by atoms with Gasteiger partial charge in [-0.15, -0.1) is 0 Å². The predicted octanol–water partition coefficient (Wildman–Crippen LogP) is 13.8. The minimum atomic E-state index is -4.51. The average molecular weight is 1000 g/mol. The van der Waals surface area contributed by atoms with Crippen molar-refractivity contribution in [3.05, 3.63) is 86.5 Å². The molecule has 0 aliphatic carbocycles. The molecule has 3 aliphatic rings. The van der Waals surface area contributed by atoms with E-state index in [1.54, 1.807) is 20.8 Å². The number of benzene rings is 3. The molecule has 0 radical (unpaired) electrons. The standard InChI is InChI=1S/C57H84N3O10P/c1-31(46-28-43(58-65-46)34-22-37(52(4,5)6)49(61)38(23-34)53(7,8)9)68-71(64,69-32(2)47-29-44(59-66-47)35-24-39(54(10,11)12)50(62)40(25-35)55(13,14)15)70-33(3)48-30-45(60-67-48)36-26-41(56(16,17)18)51(63)42(27-36)57(19,20)21/h22-27,31-33,46-48,61-63H,28-30H2,1-21H3. The molecule has 0 bridgehead atoms. The highest BCUT2D eigenvalue weighted by Gasteiger charge is 2.45. The van der Waals surface area contributed by atoms with Gasteiger partial charge in [0.1, 0.15) is 35.6 Å². The van der Waals surface area contributed by atoms with Gasteiger partial charge in [-0.2, -0.15) is 0 Å². The monoisotopic (exact) mass is 1000 g/mol. The number of nitrogens with zero attached hydrogens (tertiary/aromatic N) is 3. The maximum atomic E-state index is 15.4. The SMILES string of the molecule is CC(OP(=O)(OC(C)C1CC(c2cc(C(C)(C)C)c(O)c(C(C)(C)C)c2)=NO1)OC(C)C1CC(c2cc(C(C)(C)C)c(O)c(C(C)(C)C)c2)=NO1)C1CC(c2cc(C(C)(C)C)c(O)c(C(C)(C)C)c2)=NO1. The van der Waals surface area contributed by atoms with Gasteiger partial charge in [0.2, 0.25) is 0 Å². The van der Waals surface area contributed by atoms with Gasteiger partial charge >= 0.3 is 7.82 Å². The molecule has 0 saturated heterocycles. The normalized spacial score (nSPS) is 21.4. The lowest BCUT2D eigenvalue weighted by Crippen LogP contribution is -2.32. The van der Waals surface area contributed by atoms with Gasteiger partial charge in [0.15, 0.2) is 18.3 Å². The molecule has 3 aromatic rings. The van der Waals surface area contributed by atoms with Gasteiger partial charge in [0, 0.05) is 69.3 Å². The van der Waals surface area contributed by atoms with Crippen LogP contribution in [0.3, 0.4) is 0 Å². The quantitative estimate of drug-likeness (QED) is 0.148. The lowest BCUT2D eigenvalue weighted by Gasteiger charge is -2.30. The van der Waals surface area contributed by atoms with E-state index in [1.165, 1.54) is 0 Å². The van der Waals surface area contributed by atoms with E-state index in [4.69, 9.17) is 28.1 Å². The lowest BCUT2D eigenvalue weighted by atomic mass is 9.77. The molecule has 3 N–H and O–H groups in total. The zero-order valence-electron chi connectivity index (χ0n) is 46.5. The number of hydrogen-bond donors (Lipinski definition) is 3. The Hall–Kier alpha value is -4.42. The fourth-order valence-electron chi connectivity index (χ4n) is 9.18. The molecule has 0 spiro atoms. The van der Waals surface area contributed by atoms with Crippen LogP contribution in [0.4, 0.5) is 0 Å². The topological polar surface area (TPSA) is 170 Å². The Morgan fingerprint density at radius 3 is 0.775 bits per heavy atom. The number of phenolic OH excluding ortho intramolecular Hbond substituents is 3. The number of oxime groups is 3. The second kappa shape index (κ2) is 19.5. The highest BCUT2D eigenvalue weighted by atomic mass is 31.2. The van der Waals surface area contributed by atoms with Crippen molar-refractivity contribution in [1.29, 1.82) is 0 Å². The third kappa shape index (κ3) is 12.5. The van der Waals surface area contributed by atoms with Crippen LogP contribution in [0.1, 0.15) is 215 Å². The first-order valence-electron chi connectivity index (χ1n) is 25.3. The molecule has 3 heterocycles. The molecule has 3 aromatic carbocycles. The van der Waals surface area contributed by atoms with E-state index >= 15 is 4.57 Å². The zero-order valence-corrected chi connectivity index (χ0v) is 47.4. The summed E-state index contributed by atoms with van der Waals surface area (Å²) >= 11 is 0. The van der Waals surface area contributed by atoms with E-state index in [9.17, 15) is 15.3 Å². The largest absolute Gasteiger partial charge is 0.507 e. The summed E-state index contributed by atoms with van der Waals surface area (Å²) in [5, 5.41) is 47.8. The number of rotatable bonds is 12. The summed E-state index contributed by atoms with van der Waals surface area (Å²) in [6.45, 7) is 42.4. The van der Waals surface area contributed by atoms with Crippen LogP contribution < -0.4 is 0 Å². The third-order valence-electron chi connectivity index (χ3n) is 13.7. The van der Waals surface area contributed by atoms with Crippen LogP contribution in [0.25, 0.3) is 0 Å². The molecule has 14 heteroatoms. The van der Waals surface area contributed by atoms with Gasteiger partial charge in [-0.05, 0) is 89.7 Å². The van der Waals surface area contributed by atoms with Gasteiger partial charge in [-0.25, -0.2) is 4.57 Å². The smallest absolute Gasteiger partial charge is 0.475 e. The highest BCUT2D eigenvalue weighted by Crippen LogP contribution is 2.55. The summed E-state index contributed by atoms with van der Waals surface area (Å²) in [6, 6.07) is 11.8. The average Bonchev–Trinajstić information content (AvgIpc) is 4.01.